The number of ether oxygens (including phenoxy) is 1. The van der Waals surface area contributed by atoms with Crippen LogP contribution < -0.4 is 5.32 Å². The van der Waals surface area contributed by atoms with E-state index in [2.05, 4.69) is 15.3 Å². The predicted molar refractivity (Wildman–Crippen MR) is 135 cm³/mol. The van der Waals surface area contributed by atoms with Gasteiger partial charge < -0.3 is 30.1 Å². The van der Waals surface area contributed by atoms with E-state index in [1.807, 2.05) is 44.2 Å². The number of fused-ring (bicyclic) bond motifs is 2. The molecule has 5 N–H and O–H groups in total. The molecule has 1 aromatic carbocycles. The van der Waals surface area contributed by atoms with Gasteiger partial charge >= 0.3 is 7.60 Å². The second kappa shape index (κ2) is 9.21. The van der Waals surface area contributed by atoms with E-state index in [1.54, 1.807) is 10.6 Å². The van der Waals surface area contributed by atoms with Gasteiger partial charge in [0.25, 0.3) is 0 Å². The smallest absolute Gasteiger partial charge is 0.325 e. The summed E-state index contributed by atoms with van der Waals surface area (Å²) in [4.78, 5) is 32.3. The van der Waals surface area contributed by atoms with Crippen LogP contribution in [0.1, 0.15) is 25.8 Å². The standard InChI is InChI=1S/C23H28N5O6PS/c1-14(2)26-19-17-20(25-13-24-19)28(21(27-17)36-12-15-6-4-3-5-7-15)23-10-9-22(23,30)18(29)16(34-23)8-11-35(31,32)33/h3-7,9-10,13-14,16,18,29-30H,8,11-12H2,1-2H3,(H,24,25,26)(H2,31,32,33)/t16-,18-,22-,23-/m1/s1. The molecule has 1 aliphatic carbocycles. The van der Waals surface area contributed by atoms with Gasteiger partial charge in [-0.3, -0.25) is 9.13 Å². The number of rotatable bonds is 9. The lowest BCUT2D eigenvalue weighted by molar-refractivity contribution is -0.160. The Morgan fingerprint density at radius 1 is 1.22 bits per heavy atom. The lowest BCUT2D eigenvalue weighted by Gasteiger charge is -2.45. The Labute approximate surface area is 211 Å². The van der Waals surface area contributed by atoms with E-state index in [0.717, 1.165) is 5.56 Å². The molecular weight excluding hydrogens is 505 g/mol. The van der Waals surface area contributed by atoms with Crippen molar-refractivity contribution in [1.29, 1.82) is 0 Å². The predicted octanol–water partition coefficient (Wildman–Crippen LogP) is 2.22. The molecule has 0 spiro atoms. The van der Waals surface area contributed by atoms with E-state index in [0.29, 0.717) is 27.9 Å². The monoisotopic (exact) mass is 533 g/mol. The Hall–Kier alpha value is -2.31. The fraction of sp³-hybridized carbons (Fsp3) is 0.435. The maximum Gasteiger partial charge on any atom is 0.325 e. The summed E-state index contributed by atoms with van der Waals surface area (Å²) in [5.41, 5.74) is -1.44. The van der Waals surface area contributed by atoms with Crippen LogP contribution in [0.3, 0.4) is 0 Å². The second-order valence-electron chi connectivity index (χ2n) is 9.33. The van der Waals surface area contributed by atoms with Gasteiger partial charge in [-0.2, -0.15) is 0 Å². The van der Waals surface area contributed by atoms with E-state index in [9.17, 15) is 24.6 Å². The number of benzene rings is 1. The quantitative estimate of drug-likeness (QED) is 0.156. The van der Waals surface area contributed by atoms with Crippen LogP contribution >= 0.6 is 19.4 Å². The van der Waals surface area contributed by atoms with Gasteiger partial charge in [0.05, 0.1) is 12.3 Å². The van der Waals surface area contributed by atoms with Crippen LogP contribution in [0.4, 0.5) is 5.82 Å². The first kappa shape index (κ1) is 25.3. The number of aliphatic hydroxyl groups excluding tert-OH is 1. The van der Waals surface area contributed by atoms with Crippen LogP contribution in [0.25, 0.3) is 11.2 Å². The van der Waals surface area contributed by atoms with Crippen LogP contribution in [-0.4, -0.2) is 69.5 Å². The van der Waals surface area contributed by atoms with Gasteiger partial charge in [0.2, 0.25) is 5.72 Å². The van der Waals surface area contributed by atoms with Crippen molar-refractivity contribution in [2.45, 2.75) is 60.8 Å². The summed E-state index contributed by atoms with van der Waals surface area (Å²) >= 11 is 1.42. The summed E-state index contributed by atoms with van der Waals surface area (Å²) in [6.45, 7) is 3.95. The van der Waals surface area contributed by atoms with Crippen molar-refractivity contribution in [2.75, 3.05) is 11.5 Å². The molecule has 3 heterocycles. The number of hydrogen-bond acceptors (Lipinski definition) is 9. The van der Waals surface area contributed by atoms with Crippen molar-refractivity contribution in [3.63, 3.8) is 0 Å². The van der Waals surface area contributed by atoms with Crippen molar-refractivity contribution in [3.8, 4) is 0 Å². The number of imidazole rings is 1. The Kier molecular flexibility index (Phi) is 6.49. The zero-order chi connectivity index (χ0) is 25.7. The summed E-state index contributed by atoms with van der Waals surface area (Å²) in [5, 5.41) is 26.3. The van der Waals surface area contributed by atoms with Crippen molar-refractivity contribution < 1.29 is 29.3 Å². The maximum atomic E-state index is 11.6. The Balaban J connectivity index is 1.60. The minimum absolute atomic E-state index is 0.0777. The molecule has 36 heavy (non-hydrogen) atoms. The topological polar surface area (TPSA) is 163 Å². The van der Waals surface area contributed by atoms with E-state index in [1.165, 1.54) is 24.2 Å². The van der Waals surface area contributed by atoms with Crippen LogP contribution in [0, 0.1) is 0 Å². The molecule has 0 bridgehead atoms. The van der Waals surface area contributed by atoms with Crippen LogP contribution in [0.2, 0.25) is 0 Å². The third kappa shape index (κ3) is 4.26. The van der Waals surface area contributed by atoms with Crippen molar-refractivity contribution in [3.05, 3.63) is 54.4 Å². The molecule has 2 aliphatic rings. The number of anilines is 1. The number of hydrogen-bond donors (Lipinski definition) is 5. The highest BCUT2D eigenvalue weighted by atomic mass is 32.2. The number of aliphatic hydroxyl groups is 2. The van der Waals surface area contributed by atoms with Crippen molar-refractivity contribution in [2.24, 2.45) is 0 Å². The first-order valence-corrected chi connectivity index (χ1v) is 14.3. The molecule has 0 unspecified atom stereocenters. The van der Waals surface area contributed by atoms with Gasteiger partial charge in [0.1, 0.15) is 12.4 Å². The zero-order valence-corrected chi connectivity index (χ0v) is 21.4. The number of nitrogens with one attached hydrogen (secondary N) is 1. The summed E-state index contributed by atoms with van der Waals surface area (Å²) < 4.78 is 19.4. The number of thioether (sulfide) groups is 1. The third-order valence-electron chi connectivity index (χ3n) is 6.36. The van der Waals surface area contributed by atoms with Crippen molar-refractivity contribution >= 4 is 36.3 Å². The molecular formula is C23H28N5O6PS. The highest BCUT2D eigenvalue weighted by molar-refractivity contribution is 7.98. The molecule has 4 atom stereocenters. The largest absolute Gasteiger partial charge is 0.387 e. The van der Waals surface area contributed by atoms with Crippen LogP contribution in [0.5, 0.6) is 0 Å². The minimum Gasteiger partial charge on any atom is -0.387 e. The molecule has 2 aromatic heterocycles. The molecule has 1 saturated heterocycles. The normalized spacial score (nSPS) is 27.4. The SMILES string of the molecule is CC(C)Nc1ncnc2c1nc(SCc1ccccc1)n2[C@@]12C=C[C@@]1(O)[C@H](O)[C@@H](CCP(=O)(O)O)O2. The van der Waals surface area contributed by atoms with E-state index < -0.39 is 37.3 Å². The molecule has 0 amide bonds. The van der Waals surface area contributed by atoms with Crippen LogP contribution in [0.15, 0.2) is 54.0 Å². The fourth-order valence-corrected chi connectivity index (χ4v) is 6.19. The molecule has 0 saturated carbocycles. The lowest BCUT2D eigenvalue weighted by Crippen LogP contribution is -2.61. The fourth-order valence-electron chi connectivity index (χ4n) is 4.61. The van der Waals surface area contributed by atoms with Gasteiger partial charge in [0, 0.05) is 11.8 Å². The minimum atomic E-state index is -4.33. The zero-order valence-electron chi connectivity index (χ0n) is 19.7. The molecule has 11 nitrogen and oxygen atoms in total. The molecule has 3 aromatic rings. The Morgan fingerprint density at radius 2 is 1.97 bits per heavy atom. The Bertz CT molecular complexity index is 1350. The summed E-state index contributed by atoms with van der Waals surface area (Å²) in [6.07, 6.45) is 1.42. The summed E-state index contributed by atoms with van der Waals surface area (Å²) in [5.74, 6) is 1.10. The molecule has 0 radical (unpaired) electrons. The molecule has 1 aliphatic heterocycles. The van der Waals surface area contributed by atoms with Crippen molar-refractivity contribution in [1.82, 2.24) is 19.5 Å². The summed E-state index contributed by atoms with van der Waals surface area (Å²) in [6, 6.07) is 9.90. The van der Waals surface area contributed by atoms with E-state index in [-0.39, 0.29) is 12.5 Å². The first-order chi connectivity index (χ1) is 17.0. The maximum absolute atomic E-state index is 11.6. The Morgan fingerprint density at radius 3 is 2.61 bits per heavy atom. The van der Waals surface area contributed by atoms with Gasteiger partial charge in [-0.25, -0.2) is 15.0 Å². The van der Waals surface area contributed by atoms with E-state index >= 15 is 0 Å². The second-order valence-corrected chi connectivity index (χ2v) is 12.0. The van der Waals surface area contributed by atoms with Crippen LogP contribution in [-0.2, 0) is 20.8 Å². The highest BCUT2D eigenvalue weighted by Gasteiger charge is 2.69. The van der Waals surface area contributed by atoms with Gasteiger partial charge in [-0.15, -0.1) is 0 Å². The third-order valence-corrected chi connectivity index (χ3v) is 8.21. The molecule has 1 fully saturated rings. The average molecular weight is 534 g/mol. The van der Waals surface area contributed by atoms with Gasteiger partial charge in [-0.1, -0.05) is 42.1 Å². The molecule has 5 rings (SSSR count). The number of nitrogens with zero attached hydrogens (tertiary/aromatic N) is 4. The molecule has 192 valence electrons. The first-order valence-electron chi connectivity index (χ1n) is 11.5. The van der Waals surface area contributed by atoms with Gasteiger partial charge in [-0.05, 0) is 38.0 Å². The highest BCUT2D eigenvalue weighted by Crippen LogP contribution is 2.55. The van der Waals surface area contributed by atoms with Gasteiger partial charge in [0.15, 0.2) is 27.7 Å². The summed E-state index contributed by atoms with van der Waals surface area (Å²) in [7, 11) is -4.33. The molecule has 13 heteroatoms. The average Bonchev–Trinajstić information content (AvgIpc) is 3.26. The lowest BCUT2D eigenvalue weighted by atomic mass is 9.76. The van der Waals surface area contributed by atoms with E-state index in [4.69, 9.17) is 9.72 Å². The number of aromatic nitrogens is 4.